The standard InChI is InChI=1S/C16H15N5O2S2/c1-9-7-11(21-23-9)8-24-15-12(3-2-6-17-15)13(22)18-16-20-19-14(25-16)10-4-5-10/h2-3,6-7,10H,4-5,8H2,1H3,(H,18,20,22). The van der Waals surface area contributed by atoms with E-state index in [1.807, 2.05) is 13.0 Å². The van der Waals surface area contributed by atoms with Gasteiger partial charge in [-0.25, -0.2) is 4.98 Å². The monoisotopic (exact) mass is 373 g/mol. The van der Waals surface area contributed by atoms with E-state index < -0.39 is 0 Å². The number of aromatic nitrogens is 4. The number of carbonyl (C=O) groups is 1. The summed E-state index contributed by atoms with van der Waals surface area (Å²) in [5, 5.41) is 17.1. The summed E-state index contributed by atoms with van der Waals surface area (Å²) in [7, 11) is 0. The highest BCUT2D eigenvalue weighted by atomic mass is 32.2. The van der Waals surface area contributed by atoms with Crippen LogP contribution in [0.5, 0.6) is 0 Å². The largest absolute Gasteiger partial charge is 0.361 e. The van der Waals surface area contributed by atoms with Crippen molar-refractivity contribution in [1.29, 1.82) is 0 Å². The molecule has 0 atom stereocenters. The maximum Gasteiger partial charge on any atom is 0.260 e. The van der Waals surface area contributed by atoms with Crippen molar-refractivity contribution in [2.24, 2.45) is 0 Å². The fraction of sp³-hybridized carbons (Fsp3) is 0.312. The number of hydrogen-bond acceptors (Lipinski definition) is 8. The number of pyridine rings is 1. The molecule has 0 aromatic carbocycles. The van der Waals surface area contributed by atoms with E-state index in [0.717, 1.165) is 29.3 Å². The molecule has 128 valence electrons. The number of carbonyl (C=O) groups excluding carboxylic acids is 1. The molecule has 1 amide bonds. The summed E-state index contributed by atoms with van der Waals surface area (Å²) in [5.74, 6) is 1.64. The number of thioether (sulfide) groups is 1. The van der Waals surface area contributed by atoms with Crippen LogP contribution in [0.2, 0.25) is 0 Å². The van der Waals surface area contributed by atoms with Gasteiger partial charge < -0.3 is 4.52 Å². The minimum Gasteiger partial charge on any atom is -0.361 e. The third-order valence-corrected chi connectivity index (χ3v) is 5.68. The highest BCUT2D eigenvalue weighted by Crippen LogP contribution is 2.42. The summed E-state index contributed by atoms with van der Waals surface area (Å²) < 4.78 is 5.06. The molecule has 3 heterocycles. The summed E-state index contributed by atoms with van der Waals surface area (Å²) in [6, 6.07) is 5.37. The Morgan fingerprint density at radius 2 is 2.32 bits per heavy atom. The molecule has 0 unspecified atom stereocenters. The van der Waals surface area contributed by atoms with Crippen LogP contribution in [0.3, 0.4) is 0 Å². The zero-order valence-electron chi connectivity index (χ0n) is 13.4. The smallest absolute Gasteiger partial charge is 0.260 e. The Balaban J connectivity index is 1.45. The van der Waals surface area contributed by atoms with E-state index >= 15 is 0 Å². The predicted molar refractivity (Wildman–Crippen MR) is 94.9 cm³/mol. The lowest BCUT2D eigenvalue weighted by atomic mass is 10.3. The Morgan fingerprint density at radius 1 is 1.44 bits per heavy atom. The molecule has 0 bridgehead atoms. The lowest BCUT2D eigenvalue weighted by Crippen LogP contribution is -2.13. The van der Waals surface area contributed by atoms with Gasteiger partial charge in [-0.1, -0.05) is 28.3 Å². The molecule has 3 aromatic rings. The van der Waals surface area contributed by atoms with Crippen LogP contribution >= 0.6 is 23.1 Å². The van der Waals surface area contributed by atoms with Crippen molar-refractivity contribution in [2.75, 3.05) is 5.32 Å². The molecule has 1 saturated carbocycles. The van der Waals surface area contributed by atoms with Crippen molar-refractivity contribution in [3.63, 3.8) is 0 Å². The first-order valence-electron chi connectivity index (χ1n) is 7.84. The predicted octanol–water partition coefficient (Wildman–Crippen LogP) is 3.65. The van der Waals surface area contributed by atoms with E-state index in [9.17, 15) is 4.79 Å². The van der Waals surface area contributed by atoms with Crippen LogP contribution in [0.25, 0.3) is 0 Å². The summed E-state index contributed by atoms with van der Waals surface area (Å²) in [4.78, 5) is 16.9. The van der Waals surface area contributed by atoms with Gasteiger partial charge in [0, 0.05) is 23.9 Å². The van der Waals surface area contributed by atoms with Gasteiger partial charge in [-0.2, -0.15) is 0 Å². The van der Waals surface area contributed by atoms with Crippen LogP contribution in [0.4, 0.5) is 5.13 Å². The molecule has 25 heavy (non-hydrogen) atoms. The van der Waals surface area contributed by atoms with E-state index in [0.29, 0.717) is 27.4 Å². The maximum atomic E-state index is 12.6. The molecule has 1 aliphatic rings. The molecule has 1 aliphatic carbocycles. The second-order valence-electron chi connectivity index (χ2n) is 5.75. The lowest BCUT2D eigenvalue weighted by Gasteiger charge is -2.06. The van der Waals surface area contributed by atoms with Crippen molar-refractivity contribution in [3.8, 4) is 0 Å². The van der Waals surface area contributed by atoms with Gasteiger partial charge in [0.2, 0.25) is 5.13 Å². The molecule has 1 fully saturated rings. The maximum absolute atomic E-state index is 12.6. The van der Waals surface area contributed by atoms with Gasteiger partial charge in [0.05, 0.1) is 11.3 Å². The minimum absolute atomic E-state index is 0.231. The first kappa shape index (κ1) is 16.2. The Bertz CT molecular complexity index is 903. The number of nitrogens with zero attached hydrogens (tertiary/aromatic N) is 4. The van der Waals surface area contributed by atoms with Gasteiger partial charge in [0.15, 0.2) is 0 Å². The summed E-state index contributed by atoms with van der Waals surface area (Å²) >= 11 is 2.89. The van der Waals surface area contributed by atoms with Gasteiger partial charge >= 0.3 is 0 Å². The fourth-order valence-electron chi connectivity index (χ4n) is 2.25. The molecule has 0 radical (unpaired) electrons. The average molecular weight is 373 g/mol. The van der Waals surface area contributed by atoms with E-state index in [1.54, 1.807) is 18.3 Å². The number of anilines is 1. The van der Waals surface area contributed by atoms with Crippen LogP contribution in [0.1, 0.15) is 45.6 Å². The van der Waals surface area contributed by atoms with Crippen molar-refractivity contribution in [1.82, 2.24) is 20.3 Å². The topological polar surface area (TPSA) is 93.8 Å². The first-order chi connectivity index (χ1) is 12.2. The number of hydrogen-bond donors (Lipinski definition) is 1. The minimum atomic E-state index is -0.231. The van der Waals surface area contributed by atoms with Crippen LogP contribution in [-0.4, -0.2) is 26.2 Å². The molecule has 3 aromatic heterocycles. The van der Waals surface area contributed by atoms with Gasteiger partial charge in [-0.05, 0) is 31.9 Å². The molecule has 0 aliphatic heterocycles. The molecule has 7 nitrogen and oxygen atoms in total. The first-order valence-corrected chi connectivity index (χ1v) is 9.64. The van der Waals surface area contributed by atoms with E-state index in [1.165, 1.54) is 23.1 Å². The van der Waals surface area contributed by atoms with Crippen LogP contribution in [0, 0.1) is 6.92 Å². The van der Waals surface area contributed by atoms with Gasteiger partial charge in [0.1, 0.15) is 15.8 Å². The van der Waals surface area contributed by atoms with E-state index in [-0.39, 0.29) is 5.91 Å². The second kappa shape index (κ2) is 6.93. The van der Waals surface area contributed by atoms with E-state index in [2.05, 4.69) is 25.7 Å². The van der Waals surface area contributed by atoms with Crippen molar-refractivity contribution in [3.05, 3.63) is 46.4 Å². The Morgan fingerprint density at radius 3 is 3.08 bits per heavy atom. The molecular formula is C16H15N5O2S2. The highest BCUT2D eigenvalue weighted by molar-refractivity contribution is 7.98. The SMILES string of the molecule is Cc1cc(CSc2ncccc2C(=O)Nc2nnc(C3CC3)s2)no1. The molecule has 4 rings (SSSR count). The van der Waals surface area contributed by atoms with Crippen LogP contribution < -0.4 is 5.32 Å². The molecule has 0 saturated heterocycles. The number of amides is 1. The quantitative estimate of drug-likeness (QED) is 0.659. The number of nitrogens with one attached hydrogen (secondary N) is 1. The third-order valence-electron chi connectivity index (χ3n) is 3.64. The summed E-state index contributed by atoms with van der Waals surface area (Å²) in [6.45, 7) is 1.85. The average Bonchev–Trinajstić information content (AvgIpc) is 3.23. The summed E-state index contributed by atoms with van der Waals surface area (Å²) in [6.07, 6.45) is 3.99. The van der Waals surface area contributed by atoms with Crippen molar-refractivity contribution in [2.45, 2.75) is 36.5 Å². The Labute approximate surface area is 152 Å². The van der Waals surface area contributed by atoms with E-state index in [4.69, 9.17) is 4.52 Å². The third kappa shape index (κ3) is 3.88. The molecule has 0 spiro atoms. The van der Waals surface area contributed by atoms with Crippen LogP contribution in [0.15, 0.2) is 33.9 Å². The molecule has 9 heteroatoms. The number of rotatable bonds is 6. The molecule has 1 N–H and O–H groups in total. The molecular weight excluding hydrogens is 358 g/mol. The zero-order chi connectivity index (χ0) is 17.2. The Kier molecular flexibility index (Phi) is 4.50. The fourth-order valence-corrected chi connectivity index (χ4v) is 4.03. The Hall–Kier alpha value is -2.26. The lowest BCUT2D eigenvalue weighted by molar-refractivity contribution is 0.102. The van der Waals surface area contributed by atoms with Gasteiger partial charge in [-0.3, -0.25) is 10.1 Å². The second-order valence-corrected chi connectivity index (χ2v) is 7.72. The number of aryl methyl sites for hydroxylation is 1. The van der Waals surface area contributed by atoms with Crippen LogP contribution in [-0.2, 0) is 5.75 Å². The van der Waals surface area contributed by atoms with Gasteiger partial charge in [0.25, 0.3) is 5.91 Å². The van der Waals surface area contributed by atoms with Crippen molar-refractivity contribution < 1.29 is 9.32 Å². The summed E-state index contributed by atoms with van der Waals surface area (Å²) in [5.41, 5.74) is 1.33. The van der Waals surface area contributed by atoms with Crippen molar-refractivity contribution >= 4 is 34.1 Å². The zero-order valence-corrected chi connectivity index (χ0v) is 15.1. The normalized spacial score (nSPS) is 13.8. The van der Waals surface area contributed by atoms with Gasteiger partial charge in [-0.15, -0.1) is 10.2 Å². The highest BCUT2D eigenvalue weighted by Gasteiger charge is 2.28.